The normalized spacial score (nSPS) is 14.7. The minimum Gasteiger partial charge on any atom is -0.480 e. The van der Waals surface area contributed by atoms with Crippen molar-refractivity contribution in [2.45, 2.75) is 57.6 Å². The summed E-state index contributed by atoms with van der Waals surface area (Å²) >= 11 is 1.53. The lowest BCUT2D eigenvalue weighted by Gasteiger charge is -2.27. The molecule has 0 fully saturated rings. The van der Waals surface area contributed by atoms with E-state index in [4.69, 9.17) is 9.72 Å². The molecule has 0 aliphatic carbocycles. The Hall–Kier alpha value is -2.89. The highest BCUT2D eigenvalue weighted by Crippen LogP contribution is 2.29. The van der Waals surface area contributed by atoms with Crippen molar-refractivity contribution in [2.24, 2.45) is 0 Å². The van der Waals surface area contributed by atoms with Crippen molar-refractivity contribution in [1.29, 1.82) is 0 Å². The third-order valence-corrected chi connectivity index (χ3v) is 7.90. The number of anilines is 2. The molecule has 2 atom stereocenters. The summed E-state index contributed by atoms with van der Waals surface area (Å²) in [6.07, 6.45) is 6.14. The molecule has 38 heavy (non-hydrogen) atoms. The molecule has 206 valence electrons. The first-order chi connectivity index (χ1) is 18.5. The lowest BCUT2D eigenvalue weighted by atomic mass is 10.1. The summed E-state index contributed by atoms with van der Waals surface area (Å²) in [5.41, 5.74) is 3.14. The Bertz CT molecular complexity index is 1200. The lowest BCUT2D eigenvalue weighted by Crippen LogP contribution is -2.39. The topological polar surface area (TPSA) is 113 Å². The smallest absolute Gasteiger partial charge is 0.326 e. The number of unbranched alkanes of at least 4 members (excludes halogenated alkanes) is 1. The van der Waals surface area contributed by atoms with Gasteiger partial charge in [0, 0.05) is 37.3 Å². The fourth-order valence-corrected chi connectivity index (χ4v) is 5.65. The highest BCUT2D eigenvalue weighted by Gasteiger charge is 2.22. The number of fused-ring (bicyclic) bond motifs is 2. The molecule has 9 nitrogen and oxygen atoms in total. The third kappa shape index (κ3) is 7.58. The Morgan fingerprint density at radius 1 is 1.32 bits per heavy atom. The second kappa shape index (κ2) is 13.8. The van der Waals surface area contributed by atoms with Crippen LogP contribution in [0.25, 0.3) is 10.2 Å². The number of nitrogens with one attached hydrogen (secondary N) is 2. The van der Waals surface area contributed by atoms with Gasteiger partial charge < -0.3 is 25.4 Å². The van der Waals surface area contributed by atoms with E-state index in [1.807, 2.05) is 13.0 Å². The summed E-state index contributed by atoms with van der Waals surface area (Å²) < 4.78 is 19.6. The largest absolute Gasteiger partial charge is 0.480 e. The molecule has 1 aliphatic rings. The molecule has 2 unspecified atom stereocenters. The number of carboxylic acid groups (broad SMARTS) is 1. The van der Waals surface area contributed by atoms with Gasteiger partial charge in [-0.1, -0.05) is 6.07 Å². The van der Waals surface area contributed by atoms with Gasteiger partial charge in [-0.3, -0.25) is 0 Å². The van der Waals surface area contributed by atoms with Crippen LogP contribution in [-0.4, -0.2) is 83.0 Å². The van der Waals surface area contributed by atoms with Gasteiger partial charge in [0.2, 0.25) is 0 Å². The number of ether oxygens (including phenoxy) is 1. The van der Waals surface area contributed by atoms with Crippen LogP contribution in [0.5, 0.6) is 0 Å². The average Bonchev–Trinajstić information content (AvgIpc) is 3.32. The first-order valence-electron chi connectivity index (χ1n) is 13.2. The van der Waals surface area contributed by atoms with Gasteiger partial charge in [0.25, 0.3) is 0 Å². The molecule has 0 saturated heterocycles. The monoisotopic (exact) mass is 544 g/mol. The first-order valence-corrected chi connectivity index (χ1v) is 14.0. The van der Waals surface area contributed by atoms with Crippen molar-refractivity contribution in [3.05, 3.63) is 40.7 Å². The van der Waals surface area contributed by atoms with Crippen molar-refractivity contribution in [2.75, 3.05) is 50.6 Å². The molecule has 0 bridgehead atoms. The number of aromatic nitrogens is 3. The molecule has 4 rings (SSSR count). The van der Waals surface area contributed by atoms with E-state index in [0.29, 0.717) is 25.3 Å². The maximum absolute atomic E-state index is 13.4. The van der Waals surface area contributed by atoms with Crippen LogP contribution in [0.15, 0.2) is 24.5 Å². The van der Waals surface area contributed by atoms with Crippen LogP contribution in [-0.2, 0) is 22.4 Å². The van der Waals surface area contributed by atoms with E-state index < -0.39 is 24.8 Å². The van der Waals surface area contributed by atoms with Crippen molar-refractivity contribution in [1.82, 2.24) is 19.9 Å². The molecule has 0 amide bonds. The van der Waals surface area contributed by atoms with E-state index >= 15 is 0 Å². The number of alkyl halides is 1. The first kappa shape index (κ1) is 28.1. The van der Waals surface area contributed by atoms with Crippen molar-refractivity contribution in [3.8, 4) is 0 Å². The second-order valence-corrected chi connectivity index (χ2v) is 11.0. The quantitative estimate of drug-likeness (QED) is 0.241. The number of rotatable bonds is 15. The molecule has 3 aromatic heterocycles. The van der Waals surface area contributed by atoms with Crippen molar-refractivity contribution >= 4 is 39.2 Å². The predicted octanol–water partition coefficient (Wildman–Crippen LogP) is 4.32. The maximum atomic E-state index is 13.4. The van der Waals surface area contributed by atoms with Crippen LogP contribution in [0.2, 0.25) is 0 Å². The number of carbonyl (C=O) groups is 1. The standard InChI is InChI=1S/C27H37FN6O3S/c1-18-14-23-24(38-18)26(31-17-30-23)33-22(27(35)36)10-13-34(16-21(15-28)37-2)12-4-3-7-20-9-8-19-6-5-11-29-25(19)32-20/h8-9,14,17,21-22H,3-7,10-13,15-16H2,1-2H3,(H,29,32)(H,35,36)(H,30,31,33). The van der Waals surface area contributed by atoms with Gasteiger partial charge in [0.05, 0.1) is 16.3 Å². The molecule has 0 radical (unpaired) electrons. The fourth-order valence-electron chi connectivity index (χ4n) is 4.73. The molecule has 1 aliphatic heterocycles. The van der Waals surface area contributed by atoms with E-state index in [1.54, 1.807) is 0 Å². The van der Waals surface area contributed by atoms with E-state index in [1.165, 1.54) is 30.3 Å². The van der Waals surface area contributed by atoms with E-state index in [-0.39, 0.29) is 0 Å². The molecule has 0 saturated carbocycles. The Morgan fingerprint density at radius 3 is 2.97 bits per heavy atom. The van der Waals surface area contributed by atoms with Crippen LogP contribution < -0.4 is 10.6 Å². The van der Waals surface area contributed by atoms with Crippen LogP contribution in [0.1, 0.15) is 41.8 Å². The number of aliphatic carboxylic acids is 1. The van der Waals surface area contributed by atoms with Crippen molar-refractivity contribution in [3.63, 3.8) is 0 Å². The van der Waals surface area contributed by atoms with Gasteiger partial charge >= 0.3 is 5.97 Å². The number of carboxylic acids is 1. The summed E-state index contributed by atoms with van der Waals surface area (Å²) in [5, 5.41) is 16.4. The molecule has 3 aromatic rings. The fraction of sp³-hybridized carbons (Fsp3) is 0.556. The molecule has 11 heteroatoms. The summed E-state index contributed by atoms with van der Waals surface area (Å²) in [6.45, 7) is 3.98. The number of pyridine rings is 1. The van der Waals surface area contributed by atoms with Gasteiger partial charge in [-0.2, -0.15) is 0 Å². The summed E-state index contributed by atoms with van der Waals surface area (Å²) in [4.78, 5) is 28.6. The Kier molecular flexibility index (Phi) is 10.2. The average molecular weight is 545 g/mol. The van der Waals surface area contributed by atoms with Gasteiger partial charge in [-0.15, -0.1) is 11.3 Å². The maximum Gasteiger partial charge on any atom is 0.326 e. The third-order valence-electron chi connectivity index (χ3n) is 6.85. The zero-order valence-electron chi connectivity index (χ0n) is 22.1. The van der Waals surface area contributed by atoms with Gasteiger partial charge in [0.1, 0.15) is 30.7 Å². The number of hydrogen-bond acceptors (Lipinski definition) is 9. The predicted molar refractivity (Wildman–Crippen MR) is 149 cm³/mol. The highest BCUT2D eigenvalue weighted by atomic mass is 32.1. The number of methoxy groups -OCH3 is 1. The second-order valence-electron chi connectivity index (χ2n) is 9.73. The molecule has 4 heterocycles. The Labute approximate surface area is 226 Å². The zero-order chi connectivity index (χ0) is 26.9. The van der Waals surface area contributed by atoms with Crippen molar-refractivity contribution < 1.29 is 19.0 Å². The lowest BCUT2D eigenvalue weighted by molar-refractivity contribution is -0.138. The molecule has 0 spiro atoms. The number of hydrogen-bond donors (Lipinski definition) is 3. The molecule has 0 aromatic carbocycles. The van der Waals surface area contributed by atoms with E-state index in [2.05, 4.69) is 37.6 Å². The highest BCUT2D eigenvalue weighted by molar-refractivity contribution is 7.19. The summed E-state index contributed by atoms with van der Waals surface area (Å²) in [5.74, 6) is 0.579. The van der Waals surface area contributed by atoms with Gasteiger partial charge in [0.15, 0.2) is 0 Å². The van der Waals surface area contributed by atoms with Gasteiger partial charge in [-0.05, 0) is 69.7 Å². The molecule has 3 N–H and O–H groups in total. The minimum atomic E-state index is -0.953. The van der Waals surface area contributed by atoms with Crippen LogP contribution in [0.3, 0.4) is 0 Å². The summed E-state index contributed by atoms with van der Waals surface area (Å²) in [7, 11) is 1.50. The SMILES string of the molecule is COC(CF)CN(CCCCc1ccc2c(n1)NCCC2)CCC(Nc1ncnc2cc(C)sc12)C(=O)O. The zero-order valence-corrected chi connectivity index (χ0v) is 22.9. The van der Waals surface area contributed by atoms with Crippen LogP contribution in [0.4, 0.5) is 16.0 Å². The number of aryl methyl sites for hydroxylation is 3. The minimum absolute atomic E-state index is 0.339. The van der Waals surface area contributed by atoms with E-state index in [9.17, 15) is 14.3 Å². The van der Waals surface area contributed by atoms with Crippen LogP contribution >= 0.6 is 11.3 Å². The number of nitrogens with zero attached hydrogens (tertiary/aromatic N) is 4. The molecular formula is C27H37FN6O3S. The molecular weight excluding hydrogens is 507 g/mol. The van der Waals surface area contributed by atoms with E-state index in [0.717, 1.165) is 71.8 Å². The Morgan fingerprint density at radius 2 is 2.18 bits per heavy atom. The Balaban J connectivity index is 1.33. The summed E-state index contributed by atoms with van der Waals surface area (Å²) in [6, 6.07) is 5.40. The van der Waals surface area contributed by atoms with Gasteiger partial charge in [-0.25, -0.2) is 24.1 Å². The number of halogens is 1. The number of thiophene rings is 1. The van der Waals surface area contributed by atoms with Crippen LogP contribution in [0, 0.1) is 6.92 Å².